The molecule has 1 fully saturated rings. The minimum absolute atomic E-state index is 0.114. The lowest BCUT2D eigenvalue weighted by Crippen LogP contribution is -2.43. The lowest BCUT2D eigenvalue weighted by molar-refractivity contribution is -0.220. The summed E-state index contributed by atoms with van der Waals surface area (Å²) < 4.78 is 72.6. The van der Waals surface area contributed by atoms with Gasteiger partial charge in [-0.1, -0.05) is 42.0 Å². The van der Waals surface area contributed by atoms with Crippen molar-refractivity contribution >= 4 is 34.4 Å². The third kappa shape index (κ3) is 8.30. The van der Waals surface area contributed by atoms with Gasteiger partial charge >= 0.3 is 11.4 Å². The molecule has 5 aromatic rings. The summed E-state index contributed by atoms with van der Waals surface area (Å²) in [5, 5.41) is 8.37. The molecular weight excluding hydrogens is 698 g/mol. The summed E-state index contributed by atoms with van der Waals surface area (Å²) in [6.07, 6.45) is -3.93. The topological polar surface area (TPSA) is 106 Å². The summed E-state index contributed by atoms with van der Waals surface area (Å²) in [7, 11) is 4.81. The number of aromatic nitrogens is 5. The third-order valence-corrected chi connectivity index (χ3v) is 9.33. The zero-order chi connectivity index (χ0) is 36.8. The van der Waals surface area contributed by atoms with Crippen molar-refractivity contribution < 1.29 is 36.9 Å². The Kier molecular flexibility index (Phi) is 11.3. The van der Waals surface area contributed by atoms with Crippen LogP contribution in [0.15, 0.2) is 73.1 Å². The molecule has 11 nitrogen and oxygen atoms in total. The maximum Gasteiger partial charge on any atom is 0.425 e. The average molecular weight is 737 g/mol. The number of hydrogen-bond donors (Lipinski definition) is 0. The number of hydrogen-bond acceptors (Lipinski definition) is 11. The molecule has 15 heteroatoms. The lowest BCUT2D eigenvalue weighted by Gasteiger charge is -2.35. The molecular formula is C37H39F3N6O5S. The van der Waals surface area contributed by atoms with Crippen molar-refractivity contribution in [2.45, 2.75) is 64.0 Å². The van der Waals surface area contributed by atoms with E-state index in [0.29, 0.717) is 65.9 Å². The second-order valence-corrected chi connectivity index (χ2v) is 12.9. The highest BCUT2D eigenvalue weighted by Gasteiger charge is 2.49. The van der Waals surface area contributed by atoms with Crippen LogP contribution in [0.2, 0.25) is 0 Å². The first-order chi connectivity index (χ1) is 25.1. The fourth-order valence-corrected chi connectivity index (χ4v) is 6.85. The molecule has 0 bridgehead atoms. The number of thiocarbonyl (C=S) groups is 1. The zero-order valence-electron chi connectivity index (χ0n) is 29.2. The summed E-state index contributed by atoms with van der Waals surface area (Å²) in [5.41, 5.74) is 3.62. The van der Waals surface area contributed by atoms with Crippen LogP contribution in [0.4, 0.5) is 19.0 Å². The predicted molar refractivity (Wildman–Crippen MR) is 192 cm³/mol. The second kappa shape index (κ2) is 16.0. The van der Waals surface area contributed by atoms with E-state index in [1.165, 1.54) is 6.33 Å². The number of para-hydroxylation sites is 1. The van der Waals surface area contributed by atoms with Crippen LogP contribution in [0.3, 0.4) is 0 Å². The van der Waals surface area contributed by atoms with Crippen molar-refractivity contribution in [2.75, 3.05) is 26.2 Å². The van der Waals surface area contributed by atoms with E-state index < -0.39 is 29.5 Å². The number of anilines is 1. The highest BCUT2D eigenvalue weighted by atomic mass is 32.1. The molecule has 0 saturated heterocycles. The minimum atomic E-state index is -4.68. The van der Waals surface area contributed by atoms with E-state index in [-0.39, 0.29) is 12.8 Å². The lowest BCUT2D eigenvalue weighted by atomic mass is 9.82. The van der Waals surface area contributed by atoms with E-state index in [4.69, 9.17) is 35.9 Å². The number of ether oxygens (including phenoxy) is 5. The summed E-state index contributed by atoms with van der Waals surface area (Å²) in [6, 6.07) is 19.4. The maximum absolute atomic E-state index is 14.5. The normalized spacial score (nSPS) is 16.6. The number of halogens is 3. The Bertz CT molecular complexity index is 2000. The molecule has 3 aromatic carbocycles. The molecule has 274 valence electrons. The van der Waals surface area contributed by atoms with Gasteiger partial charge < -0.3 is 28.6 Å². The van der Waals surface area contributed by atoms with Crippen LogP contribution < -0.4 is 23.8 Å². The first-order valence-electron chi connectivity index (χ1n) is 16.7. The van der Waals surface area contributed by atoms with E-state index in [9.17, 15) is 13.2 Å². The van der Waals surface area contributed by atoms with Crippen LogP contribution in [0.1, 0.15) is 48.4 Å². The van der Waals surface area contributed by atoms with Crippen LogP contribution >= 0.6 is 12.2 Å². The van der Waals surface area contributed by atoms with Gasteiger partial charge in [0.1, 0.15) is 29.3 Å². The van der Waals surface area contributed by atoms with E-state index in [1.807, 2.05) is 48.2 Å². The molecule has 52 heavy (non-hydrogen) atoms. The van der Waals surface area contributed by atoms with E-state index in [1.54, 1.807) is 56.3 Å². The third-order valence-electron chi connectivity index (χ3n) is 9.15. The van der Waals surface area contributed by atoms with Crippen molar-refractivity contribution in [2.24, 2.45) is 5.92 Å². The quantitative estimate of drug-likeness (QED) is 0.117. The number of methoxy groups -OCH3 is 3. The van der Waals surface area contributed by atoms with Crippen LogP contribution in [-0.4, -0.2) is 63.8 Å². The van der Waals surface area contributed by atoms with Gasteiger partial charge in [0.2, 0.25) is 6.10 Å². The number of fused-ring (bicyclic) bond motifs is 1. The highest BCUT2D eigenvalue weighted by Crippen LogP contribution is 2.42. The Morgan fingerprint density at radius 1 is 0.904 bits per heavy atom. The summed E-state index contributed by atoms with van der Waals surface area (Å²) >= 11 is 5.09. The molecule has 0 radical (unpaired) electrons. The first kappa shape index (κ1) is 36.6. The van der Waals surface area contributed by atoms with Crippen molar-refractivity contribution in [3.05, 3.63) is 89.7 Å². The molecule has 1 aliphatic carbocycles. The Morgan fingerprint density at radius 3 is 2.31 bits per heavy atom. The van der Waals surface area contributed by atoms with Gasteiger partial charge in [-0.05, 0) is 62.1 Å². The molecule has 3 unspecified atom stereocenters. The summed E-state index contributed by atoms with van der Waals surface area (Å²) in [4.78, 5) is 11.2. The number of nitrogens with zero attached hydrogens (tertiary/aromatic N) is 6. The molecule has 2 heterocycles. The molecule has 3 atom stereocenters. The monoisotopic (exact) mass is 736 g/mol. The largest absolute Gasteiger partial charge is 0.497 e. The Morgan fingerprint density at radius 2 is 1.62 bits per heavy atom. The SMILES string of the molecule is COc1ccc(CN(Cc2ccc(C)cc2OC)c2ncnc3c2nnn3C2CCCC(C(OC(=S)Oc3ccccc3)C(F)(F)F)C2)c(OC)c1. The standard InChI is InChI=1S/C37H39F3N6O5S/c1-23-13-14-25(30(17-23)48-3)20-45(21-26-15-16-29(47-2)19-31(26)49-4)34-32-35(42-22-41-34)46(44-43-32)27-10-8-9-24(18-27)33(37(38,39)40)51-36(52)50-28-11-6-5-7-12-28/h5-7,11-17,19,22,24,27,33H,8-10,18,20-21H2,1-4H3. The average Bonchev–Trinajstić information content (AvgIpc) is 3.59. The van der Waals surface area contributed by atoms with Gasteiger partial charge in [0.15, 0.2) is 17.0 Å². The Balaban J connectivity index is 1.31. The van der Waals surface area contributed by atoms with E-state index in [0.717, 1.165) is 16.7 Å². The smallest absolute Gasteiger partial charge is 0.425 e. The second-order valence-electron chi connectivity index (χ2n) is 12.6. The number of rotatable bonds is 12. The van der Waals surface area contributed by atoms with Gasteiger partial charge in [0.05, 0.1) is 27.4 Å². The number of aryl methyl sites for hydroxylation is 1. The van der Waals surface area contributed by atoms with Gasteiger partial charge in [-0.2, -0.15) is 13.2 Å². The summed E-state index contributed by atoms with van der Waals surface area (Å²) in [5.74, 6) is 1.85. The molecule has 1 saturated carbocycles. The molecule has 2 aromatic heterocycles. The fraction of sp³-hybridized carbons (Fsp3) is 0.378. The van der Waals surface area contributed by atoms with E-state index in [2.05, 4.69) is 20.3 Å². The van der Waals surface area contributed by atoms with Crippen LogP contribution in [0.25, 0.3) is 11.2 Å². The van der Waals surface area contributed by atoms with Crippen LogP contribution in [0, 0.1) is 12.8 Å². The van der Waals surface area contributed by atoms with Crippen molar-refractivity contribution in [3.8, 4) is 23.0 Å². The van der Waals surface area contributed by atoms with Gasteiger partial charge in [-0.15, -0.1) is 5.10 Å². The number of alkyl halides is 3. The molecule has 1 aliphatic rings. The van der Waals surface area contributed by atoms with Crippen LogP contribution in [0.5, 0.6) is 23.0 Å². The van der Waals surface area contributed by atoms with Gasteiger partial charge in [0, 0.05) is 48.4 Å². The van der Waals surface area contributed by atoms with Crippen molar-refractivity contribution in [1.29, 1.82) is 0 Å². The predicted octanol–water partition coefficient (Wildman–Crippen LogP) is 7.81. The van der Waals surface area contributed by atoms with Gasteiger partial charge in [0.25, 0.3) is 0 Å². The molecule has 0 spiro atoms. The molecule has 0 amide bonds. The molecule has 0 aliphatic heterocycles. The van der Waals surface area contributed by atoms with Crippen LogP contribution in [-0.2, 0) is 17.8 Å². The minimum Gasteiger partial charge on any atom is -0.497 e. The Hall–Kier alpha value is -5.18. The summed E-state index contributed by atoms with van der Waals surface area (Å²) in [6.45, 7) is 2.72. The Labute approximate surface area is 304 Å². The first-order valence-corrected chi connectivity index (χ1v) is 17.1. The molecule has 6 rings (SSSR count). The highest BCUT2D eigenvalue weighted by molar-refractivity contribution is 7.79. The number of benzene rings is 3. The maximum atomic E-state index is 14.5. The fourth-order valence-electron chi connectivity index (χ4n) is 6.65. The van der Waals surface area contributed by atoms with Crippen molar-refractivity contribution in [1.82, 2.24) is 25.0 Å². The van der Waals surface area contributed by atoms with E-state index >= 15 is 0 Å². The van der Waals surface area contributed by atoms with Gasteiger partial charge in [-0.3, -0.25) is 0 Å². The molecule has 0 N–H and O–H groups in total. The van der Waals surface area contributed by atoms with Crippen molar-refractivity contribution in [3.63, 3.8) is 0 Å². The van der Waals surface area contributed by atoms with Gasteiger partial charge in [-0.25, -0.2) is 14.6 Å². The zero-order valence-corrected chi connectivity index (χ0v) is 30.0.